The Labute approximate surface area is 121 Å². The first-order chi connectivity index (χ1) is 9.72. The highest BCUT2D eigenvalue weighted by Gasteiger charge is 2.24. The second-order valence-corrected chi connectivity index (χ2v) is 5.84. The molecule has 1 saturated heterocycles. The fourth-order valence-corrected chi connectivity index (χ4v) is 2.89. The number of rotatable bonds is 5. The second kappa shape index (κ2) is 5.94. The van der Waals surface area contributed by atoms with Crippen LogP contribution in [0.3, 0.4) is 0 Å². The summed E-state index contributed by atoms with van der Waals surface area (Å²) in [5.41, 5.74) is 0.981. The lowest BCUT2D eigenvalue weighted by Crippen LogP contribution is -2.18. The van der Waals surface area contributed by atoms with E-state index in [9.17, 15) is 0 Å². The van der Waals surface area contributed by atoms with Crippen molar-refractivity contribution in [3.8, 4) is 0 Å². The summed E-state index contributed by atoms with van der Waals surface area (Å²) in [4.78, 5) is 7.69. The highest BCUT2D eigenvalue weighted by Crippen LogP contribution is 2.27. The number of nitrogens with zero attached hydrogens (tertiary/aromatic N) is 5. The Balaban J connectivity index is 1.58. The van der Waals surface area contributed by atoms with E-state index in [4.69, 9.17) is 9.26 Å². The molecule has 1 fully saturated rings. The van der Waals surface area contributed by atoms with E-state index in [1.807, 2.05) is 14.0 Å². The van der Waals surface area contributed by atoms with Crippen LogP contribution in [0.1, 0.15) is 41.2 Å². The first-order valence-electron chi connectivity index (χ1n) is 6.63. The number of aryl methyl sites for hydroxylation is 1. The maximum absolute atomic E-state index is 5.53. The number of hydrogen-bond acceptors (Lipinski definition) is 8. The van der Waals surface area contributed by atoms with Crippen molar-refractivity contribution in [3.05, 3.63) is 22.3 Å². The molecule has 2 aromatic heterocycles. The molecular formula is C12H17N5O2S. The van der Waals surface area contributed by atoms with E-state index in [0.717, 1.165) is 36.6 Å². The van der Waals surface area contributed by atoms with Crippen LogP contribution in [-0.4, -0.2) is 38.3 Å². The molecule has 0 bridgehead atoms. The van der Waals surface area contributed by atoms with E-state index in [1.54, 1.807) is 0 Å². The number of hydrogen-bond donors (Lipinski definition) is 0. The molecule has 3 rings (SSSR count). The van der Waals surface area contributed by atoms with Crippen LogP contribution in [0.15, 0.2) is 4.52 Å². The first kappa shape index (κ1) is 13.6. The van der Waals surface area contributed by atoms with Gasteiger partial charge in [-0.05, 0) is 38.3 Å². The highest BCUT2D eigenvalue weighted by molar-refractivity contribution is 7.05. The fraction of sp³-hybridized carbons (Fsp3) is 0.667. The Bertz CT molecular complexity index is 564. The van der Waals surface area contributed by atoms with E-state index in [0.29, 0.717) is 18.3 Å². The van der Waals surface area contributed by atoms with Crippen molar-refractivity contribution in [1.29, 1.82) is 0 Å². The zero-order valence-corrected chi connectivity index (χ0v) is 12.4. The van der Waals surface area contributed by atoms with Crippen LogP contribution in [0.25, 0.3) is 0 Å². The van der Waals surface area contributed by atoms with Crippen molar-refractivity contribution in [2.75, 3.05) is 13.7 Å². The Kier molecular flexibility index (Phi) is 4.04. The summed E-state index contributed by atoms with van der Waals surface area (Å²) in [6.07, 6.45) is 2.00. The molecule has 0 unspecified atom stereocenters. The fourth-order valence-electron chi connectivity index (χ4n) is 2.17. The lowest BCUT2D eigenvalue weighted by atomic mass is 10.2. The molecule has 0 aliphatic carbocycles. The van der Waals surface area contributed by atoms with Crippen LogP contribution in [0.2, 0.25) is 0 Å². The van der Waals surface area contributed by atoms with Gasteiger partial charge in [-0.1, -0.05) is 9.64 Å². The van der Waals surface area contributed by atoms with Gasteiger partial charge in [-0.3, -0.25) is 4.90 Å². The van der Waals surface area contributed by atoms with Gasteiger partial charge >= 0.3 is 0 Å². The van der Waals surface area contributed by atoms with Crippen LogP contribution in [-0.2, 0) is 17.8 Å². The Hall–Kier alpha value is -1.38. The lowest BCUT2D eigenvalue weighted by Gasteiger charge is -2.12. The van der Waals surface area contributed by atoms with Crippen molar-refractivity contribution >= 4 is 11.5 Å². The molecule has 8 heteroatoms. The summed E-state index contributed by atoms with van der Waals surface area (Å²) in [5, 5.41) is 8.03. The van der Waals surface area contributed by atoms with E-state index in [1.165, 1.54) is 11.5 Å². The molecule has 0 amide bonds. The molecule has 1 aliphatic rings. The molecule has 0 radical (unpaired) electrons. The average molecular weight is 295 g/mol. The molecule has 0 saturated carbocycles. The van der Waals surface area contributed by atoms with Crippen LogP contribution >= 0.6 is 11.5 Å². The Morgan fingerprint density at radius 3 is 3.00 bits per heavy atom. The third-order valence-corrected chi connectivity index (χ3v) is 4.07. The van der Waals surface area contributed by atoms with Crippen LogP contribution in [0.5, 0.6) is 0 Å². The van der Waals surface area contributed by atoms with E-state index in [-0.39, 0.29) is 6.10 Å². The summed E-state index contributed by atoms with van der Waals surface area (Å²) < 4.78 is 14.7. The smallest absolute Gasteiger partial charge is 0.255 e. The van der Waals surface area contributed by atoms with Gasteiger partial charge < -0.3 is 9.26 Å². The summed E-state index contributed by atoms with van der Waals surface area (Å²) in [6, 6.07) is 0. The highest BCUT2D eigenvalue weighted by atomic mass is 32.1. The summed E-state index contributed by atoms with van der Waals surface area (Å²) in [6.45, 7) is 4.16. The maximum atomic E-state index is 5.53. The monoisotopic (exact) mass is 295 g/mol. The summed E-state index contributed by atoms with van der Waals surface area (Å²) in [7, 11) is 2.02. The third kappa shape index (κ3) is 3.02. The van der Waals surface area contributed by atoms with Crippen molar-refractivity contribution in [3.63, 3.8) is 0 Å². The first-order valence-corrected chi connectivity index (χ1v) is 7.40. The molecule has 7 nitrogen and oxygen atoms in total. The van der Waals surface area contributed by atoms with E-state index < -0.39 is 0 Å². The van der Waals surface area contributed by atoms with Gasteiger partial charge in [-0.2, -0.15) is 4.98 Å². The molecule has 1 atom stereocenters. The normalized spacial score (nSPS) is 19.1. The maximum Gasteiger partial charge on any atom is 0.255 e. The Morgan fingerprint density at radius 2 is 2.30 bits per heavy atom. The van der Waals surface area contributed by atoms with Gasteiger partial charge in [0.2, 0.25) is 0 Å². The van der Waals surface area contributed by atoms with Gasteiger partial charge in [0, 0.05) is 13.2 Å². The molecule has 2 aromatic rings. The SMILES string of the molecule is Cc1nnsc1CN(C)Cc1noc([C@H]2CCCO2)n1. The zero-order chi connectivity index (χ0) is 13.9. The molecular weight excluding hydrogens is 278 g/mol. The average Bonchev–Trinajstić information content (AvgIpc) is 3.12. The van der Waals surface area contributed by atoms with Crippen LogP contribution in [0, 0.1) is 6.92 Å². The van der Waals surface area contributed by atoms with Crippen LogP contribution in [0.4, 0.5) is 0 Å². The predicted octanol–water partition coefficient (Wildman–Crippen LogP) is 1.71. The van der Waals surface area contributed by atoms with Gasteiger partial charge in [-0.15, -0.1) is 5.10 Å². The van der Waals surface area contributed by atoms with Gasteiger partial charge in [0.05, 0.1) is 17.1 Å². The van der Waals surface area contributed by atoms with Crippen LogP contribution < -0.4 is 0 Å². The quantitative estimate of drug-likeness (QED) is 0.831. The largest absolute Gasteiger partial charge is 0.368 e. The van der Waals surface area contributed by atoms with Gasteiger partial charge in [0.15, 0.2) is 5.82 Å². The molecule has 108 valence electrons. The van der Waals surface area contributed by atoms with Crippen molar-refractivity contribution in [1.82, 2.24) is 24.6 Å². The lowest BCUT2D eigenvalue weighted by molar-refractivity contribution is 0.0835. The minimum atomic E-state index is -0.0190. The minimum absolute atomic E-state index is 0.0190. The zero-order valence-electron chi connectivity index (χ0n) is 11.6. The standard InChI is InChI=1S/C12H17N5O2S/c1-8-10(20-16-14-8)6-17(2)7-11-13-12(19-15-11)9-4-3-5-18-9/h9H,3-7H2,1-2H3/t9-/m1/s1. The molecule has 0 aromatic carbocycles. The van der Waals surface area contributed by atoms with Crippen molar-refractivity contribution in [2.24, 2.45) is 0 Å². The molecule has 20 heavy (non-hydrogen) atoms. The van der Waals surface area contributed by atoms with Gasteiger partial charge in [-0.25, -0.2) is 0 Å². The minimum Gasteiger partial charge on any atom is -0.368 e. The molecule has 1 aliphatic heterocycles. The summed E-state index contributed by atoms with van der Waals surface area (Å²) in [5.74, 6) is 1.29. The molecule has 0 N–H and O–H groups in total. The van der Waals surface area contributed by atoms with Crippen molar-refractivity contribution in [2.45, 2.75) is 39.0 Å². The van der Waals surface area contributed by atoms with Gasteiger partial charge in [0.25, 0.3) is 5.89 Å². The molecule has 3 heterocycles. The summed E-state index contributed by atoms with van der Waals surface area (Å²) >= 11 is 1.43. The second-order valence-electron chi connectivity index (χ2n) is 5.00. The van der Waals surface area contributed by atoms with E-state index in [2.05, 4.69) is 24.6 Å². The molecule has 0 spiro atoms. The topological polar surface area (TPSA) is 77.2 Å². The number of aromatic nitrogens is 4. The number of ether oxygens (including phenoxy) is 1. The third-order valence-electron chi connectivity index (χ3n) is 3.26. The predicted molar refractivity (Wildman–Crippen MR) is 72.0 cm³/mol. The van der Waals surface area contributed by atoms with E-state index >= 15 is 0 Å². The van der Waals surface area contributed by atoms with Gasteiger partial charge in [0.1, 0.15) is 6.10 Å². The Morgan fingerprint density at radius 1 is 1.40 bits per heavy atom. The van der Waals surface area contributed by atoms with Crippen molar-refractivity contribution < 1.29 is 9.26 Å².